The number of hydrogen-bond donors (Lipinski definition) is 2. The van der Waals surface area contributed by atoms with Gasteiger partial charge in [-0.15, -0.1) is 0 Å². The number of carbonyl (C=O) groups excluding carboxylic acids is 1. The van der Waals surface area contributed by atoms with Crippen molar-refractivity contribution in [2.75, 3.05) is 7.11 Å². The van der Waals surface area contributed by atoms with Crippen molar-refractivity contribution in [3.63, 3.8) is 0 Å². The predicted molar refractivity (Wildman–Crippen MR) is 115 cm³/mol. The molecule has 0 saturated heterocycles. The van der Waals surface area contributed by atoms with Crippen molar-refractivity contribution in [2.24, 2.45) is 17.8 Å². The van der Waals surface area contributed by atoms with Crippen LogP contribution in [0.15, 0.2) is 48.6 Å². The number of ether oxygens (including phenoxy) is 1. The molecule has 30 heavy (non-hydrogen) atoms. The van der Waals surface area contributed by atoms with E-state index in [1.165, 1.54) is 18.2 Å². The highest BCUT2D eigenvalue weighted by Crippen LogP contribution is 2.38. The number of hydrogen-bond acceptors (Lipinski definition) is 4. The molecule has 5 heteroatoms. The van der Waals surface area contributed by atoms with E-state index in [0.717, 1.165) is 19.3 Å². The van der Waals surface area contributed by atoms with E-state index < -0.39 is 24.3 Å². The third kappa shape index (κ3) is 5.79. The van der Waals surface area contributed by atoms with Crippen molar-refractivity contribution < 1.29 is 24.1 Å². The SMILES string of the molecule is COC(=O)CCC/C=C\C[C@H]1[C@@H](/C=C/[C@H](O)C2Cc3ccccc3C2)[C@@H](F)C[C@H]1O. The maximum atomic E-state index is 14.5. The van der Waals surface area contributed by atoms with Crippen LogP contribution in [-0.4, -0.2) is 41.7 Å². The lowest BCUT2D eigenvalue weighted by molar-refractivity contribution is -0.140. The lowest BCUT2D eigenvalue weighted by Crippen LogP contribution is -2.21. The second kappa shape index (κ2) is 10.9. The Balaban J connectivity index is 1.51. The number of benzene rings is 1. The number of allylic oxidation sites excluding steroid dienone is 3. The van der Waals surface area contributed by atoms with Crippen LogP contribution in [0.1, 0.15) is 43.2 Å². The predicted octanol–water partition coefficient (Wildman–Crippen LogP) is 3.94. The minimum atomic E-state index is -1.10. The number of aliphatic hydroxyl groups is 2. The van der Waals surface area contributed by atoms with Crippen molar-refractivity contribution in [2.45, 2.75) is 63.3 Å². The number of methoxy groups -OCH3 is 1. The van der Waals surface area contributed by atoms with Crippen LogP contribution < -0.4 is 0 Å². The highest BCUT2D eigenvalue weighted by molar-refractivity contribution is 5.69. The number of alkyl halides is 1. The van der Waals surface area contributed by atoms with Crippen LogP contribution in [0, 0.1) is 17.8 Å². The Kier molecular flexibility index (Phi) is 8.23. The standard InChI is InChI=1S/C25H33FO4/c1-30-25(29)11-5-3-2-4-10-21-20(22(26)16-24(21)28)12-13-23(27)19-14-17-8-6-7-9-18(17)15-19/h2,4,6-9,12-13,19-24,27-28H,3,5,10-11,14-16H2,1H3/b4-2-,13-12+/t20-,21+,22+,23+,24-/m1/s1. The summed E-state index contributed by atoms with van der Waals surface area (Å²) in [5.74, 6) is -0.681. The normalized spacial score (nSPS) is 27.7. The lowest BCUT2D eigenvalue weighted by Gasteiger charge is -2.20. The van der Waals surface area contributed by atoms with E-state index in [0.29, 0.717) is 19.3 Å². The zero-order chi connectivity index (χ0) is 21.5. The monoisotopic (exact) mass is 416 g/mol. The molecule has 0 aliphatic heterocycles. The number of rotatable bonds is 9. The average molecular weight is 417 g/mol. The maximum absolute atomic E-state index is 14.5. The van der Waals surface area contributed by atoms with Crippen LogP contribution in [0.5, 0.6) is 0 Å². The summed E-state index contributed by atoms with van der Waals surface area (Å²) in [6, 6.07) is 8.24. The van der Waals surface area contributed by atoms with Crippen LogP contribution in [0.25, 0.3) is 0 Å². The molecule has 0 aromatic heterocycles. The molecule has 1 saturated carbocycles. The fourth-order valence-corrected chi connectivity index (χ4v) is 4.74. The Bertz CT molecular complexity index is 734. The summed E-state index contributed by atoms with van der Waals surface area (Å²) in [7, 11) is 1.38. The first-order valence-electron chi connectivity index (χ1n) is 11.0. The van der Waals surface area contributed by atoms with Crippen LogP contribution >= 0.6 is 0 Å². The van der Waals surface area contributed by atoms with E-state index in [-0.39, 0.29) is 24.2 Å². The van der Waals surface area contributed by atoms with Gasteiger partial charge in [-0.3, -0.25) is 4.79 Å². The molecule has 0 heterocycles. The first-order chi connectivity index (χ1) is 14.5. The molecule has 0 amide bonds. The van der Waals surface area contributed by atoms with Gasteiger partial charge in [0.15, 0.2) is 0 Å². The number of esters is 1. The smallest absolute Gasteiger partial charge is 0.305 e. The van der Waals surface area contributed by atoms with Crippen LogP contribution in [-0.2, 0) is 22.4 Å². The zero-order valence-electron chi connectivity index (χ0n) is 17.6. The van der Waals surface area contributed by atoms with Gasteiger partial charge in [-0.1, -0.05) is 48.6 Å². The largest absolute Gasteiger partial charge is 0.469 e. The van der Waals surface area contributed by atoms with Gasteiger partial charge in [0.2, 0.25) is 0 Å². The zero-order valence-corrected chi connectivity index (χ0v) is 17.6. The van der Waals surface area contributed by atoms with Crippen LogP contribution in [0.3, 0.4) is 0 Å². The van der Waals surface area contributed by atoms with Crippen LogP contribution in [0.2, 0.25) is 0 Å². The van der Waals surface area contributed by atoms with E-state index >= 15 is 0 Å². The van der Waals surface area contributed by atoms with Crippen LogP contribution in [0.4, 0.5) is 4.39 Å². The van der Waals surface area contributed by atoms with Crippen molar-refractivity contribution in [1.82, 2.24) is 0 Å². The topological polar surface area (TPSA) is 66.8 Å². The summed E-state index contributed by atoms with van der Waals surface area (Å²) in [5.41, 5.74) is 2.56. The van der Waals surface area contributed by atoms with E-state index in [2.05, 4.69) is 16.9 Å². The fourth-order valence-electron chi connectivity index (χ4n) is 4.74. The highest BCUT2D eigenvalue weighted by Gasteiger charge is 2.40. The molecular weight excluding hydrogens is 383 g/mol. The summed E-state index contributed by atoms with van der Waals surface area (Å²) in [4.78, 5) is 11.1. The van der Waals surface area contributed by atoms with Crippen molar-refractivity contribution in [3.05, 3.63) is 59.7 Å². The van der Waals surface area contributed by atoms with Crippen molar-refractivity contribution >= 4 is 5.97 Å². The molecule has 1 aromatic carbocycles. The molecule has 164 valence electrons. The summed E-state index contributed by atoms with van der Waals surface area (Å²) >= 11 is 0. The van der Waals surface area contributed by atoms with E-state index in [9.17, 15) is 19.4 Å². The van der Waals surface area contributed by atoms with Gasteiger partial charge in [0, 0.05) is 18.8 Å². The minimum absolute atomic E-state index is 0.121. The van der Waals surface area contributed by atoms with Gasteiger partial charge >= 0.3 is 5.97 Å². The Hall–Kier alpha value is -1.98. The number of carbonyl (C=O) groups is 1. The molecule has 4 nitrogen and oxygen atoms in total. The first kappa shape index (κ1) is 22.7. The van der Waals surface area contributed by atoms with Crippen molar-refractivity contribution in [3.8, 4) is 0 Å². The Morgan fingerprint density at radius 3 is 2.63 bits per heavy atom. The van der Waals surface area contributed by atoms with Gasteiger partial charge in [0.05, 0.1) is 19.3 Å². The third-order valence-corrected chi connectivity index (χ3v) is 6.52. The molecule has 2 aliphatic carbocycles. The number of unbranched alkanes of at least 4 members (excludes halogenated alkanes) is 1. The van der Waals surface area contributed by atoms with Gasteiger partial charge in [-0.05, 0) is 55.1 Å². The number of aliphatic hydroxyl groups excluding tert-OH is 2. The summed E-state index contributed by atoms with van der Waals surface area (Å²) in [6.07, 6.45) is 9.32. The minimum Gasteiger partial charge on any atom is -0.469 e. The highest BCUT2D eigenvalue weighted by atomic mass is 19.1. The van der Waals surface area contributed by atoms with Crippen molar-refractivity contribution in [1.29, 1.82) is 0 Å². The molecular formula is C25H33FO4. The Morgan fingerprint density at radius 2 is 1.97 bits per heavy atom. The molecule has 5 atom stereocenters. The summed E-state index contributed by atoms with van der Waals surface area (Å²) in [6.45, 7) is 0. The van der Waals surface area contributed by atoms with Gasteiger partial charge < -0.3 is 14.9 Å². The summed E-state index contributed by atoms with van der Waals surface area (Å²) in [5, 5.41) is 20.9. The lowest BCUT2D eigenvalue weighted by atomic mass is 9.89. The maximum Gasteiger partial charge on any atom is 0.305 e. The quantitative estimate of drug-likeness (QED) is 0.364. The van der Waals surface area contributed by atoms with E-state index in [1.54, 1.807) is 12.2 Å². The average Bonchev–Trinajstić information content (AvgIpc) is 3.29. The number of halogens is 1. The molecule has 0 spiro atoms. The molecule has 3 rings (SSSR count). The molecule has 2 aliphatic rings. The van der Waals surface area contributed by atoms with Gasteiger partial charge in [-0.2, -0.15) is 0 Å². The second-order valence-corrected chi connectivity index (χ2v) is 8.55. The molecule has 2 N–H and O–H groups in total. The fraction of sp³-hybridized carbons (Fsp3) is 0.560. The molecule has 0 radical (unpaired) electrons. The second-order valence-electron chi connectivity index (χ2n) is 8.55. The van der Waals surface area contributed by atoms with E-state index in [1.807, 2.05) is 24.3 Å². The number of fused-ring (bicyclic) bond motifs is 1. The third-order valence-electron chi connectivity index (χ3n) is 6.52. The van der Waals surface area contributed by atoms with E-state index in [4.69, 9.17) is 0 Å². The molecule has 1 fully saturated rings. The van der Waals surface area contributed by atoms with Gasteiger partial charge in [0.1, 0.15) is 6.17 Å². The molecule has 1 aromatic rings. The summed E-state index contributed by atoms with van der Waals surface area (Å²) < 4.78 is 19.1. The molecule has 0 bridgehead atoms. The van der Waals surface area contributed by atoms with Gasteiger partial charge in [0.25, 0.3) is 0 Å². The Morgan fingerprint density at radius 1 is 1.27 bits per heavy atom. The van der Waals surface area contributed by atoms with Gasteiger partial charge in [-0.25, -0.2) is 4.39 Å². The molecule has 0 unspecified atom stereocenters. The Labute approximate surface area is 178 Å². The first-order valence-corrected chi connectivity index (χ1v) is 11.0.